The van der Waals surface area contributed by atoms with Crippen LogP contribution in [0.3, 0.4) is 0 Å². The van der Waals surface area contributed by atoms with Crippen LogP contribution in [0.15, 0.2) is 0 Å². The van der Waals surface area contributed by atoms with Crippen LogP contribution in [0.4, 0.5) is 4.79 Å². The molecule has 0 unspecified atom stereocenters. The van der Waals surface area contributed by atoms with Crippen molar-refractivity contribution in [3.63, 3.8) is 0 Å². The molecule has 9 nitrogen and oxygen atoms in total. The average molecular weight is 327 g/mol. The van der Waals surface area contributed by atoms with Gasteiger partial charge in [0.05, 0.1) is 0 Å². The van der Waals surface area contributed by atoms with Crippen molar-refractivity contribution < 1.29 is 50.5 Å². The summed E-state index contributed by atoms with van der Waals surface area (Å²) in [6.45, 7) is 0. The molecule has 0 aliphatic heterocycles. The van der Waals surface area contributed by atoms with Gasteiger partial charge in [-0.3, -0.25) is 17.5 Å². The largest absolute Gasteiger partial charge is 2.00 e. The predicted octanol–water partition coefficient (Wildman–Crippen LogP) is -1.88. The van der Waals surface area contributed by atoms with Crippen LogP contribution >= 0.6 is 0 Å². The van der Waals surface area contributed by atoms with Crippen LogP contribution in [-0.4, -0.2) is 124 Å². The molecule has 16 heavy (non-hydrogen) atoms. The van der Waals surface area contributed by atoms with Gasteiger partial charge in [-0.15, -0.1) is 0 Å². The minimum absolute atomic E-state index is 0. The Morgan fingerprint density at radius 3 is 1.12 bits per heavy atom. The van der Waals surface area contributed by atoms with Gasteiger partial charge < -0.3 is 11.4 Å². The van der Waals surface area contributed by atoms with Crippen LogP contribution in [0.1, 0.15) is 11.4 Å². The molecule has 0 amide bonds. The molecule has 0 rings (SSSR count). The third-order valence-corrected chi connectivity index (χ3v) is 1.04. The first-order chi connectivity index (χ1) is 5.10. The zero-order valence-electron chi connectivity index (χ0n) is 15.9. The van der Waals surface area contributed by atoms with Crippen LogP contribution < -0.4 is 0 Å². The molecule has 0 heterocycles. The maximum atomic E-state index is 9.95. The molecule has 0 aliphatic carbocycles. The van der Waals surface area contributed by atoms with E-state index < -0.39 is 27.0 Å². The topological polar surface area (TPSA) is 144 Å². The molecule has 88 valence electrons. The van der Waals surface area contributed by atoms with Crippen LogP contribution in [0.2, 0.25) is 0 Å². The summed E-state index contributed by atoms with van der Waals surface area (Å²) in [5.74, 6) is 0. The fourth-order valence-corrected chi connectivity index (χ4v) is 0.641. The van der Waals surface area contributed by atoms with Crippen LogP contribution in [0.5, 0.6) is 0 Å². The van der Waals surface area contributed by atoms with Gasteiger partial charge >= 0.3 is 119 Å². The first-order valence-electron chi connectivity index (χ1n) is 1.98. The summed E-state index contributed by atoms with van der Waals surface area (Å²) < 4.78 is 60.1. The monoisotopic (exact) mass is 326 g/mol. The van der Waals surface area contributed by atoms with E-state index in [-0.39, 0.29) is 104 Å². The standard InChI is InChI=1S/CH2O9S2.4Mg.8H/c2-1(9-11(3,4)5)10-12(6,7)8;;;;;;;;;;;;/h(H,3,4,5)(H,6,7,8);;;;;;;;;;;;/q;4*+2;8*-1. The van der Waals surface area contributed by atoms with Gasteiger partial charge in [-0.05, 0) is 0 Å². The second-order valence-corrected chi connectivity index (χ2v) is 3.32. The molecule has 0 aliphatic rings. The maximum absolute atomic E-state index is 9.95. The van der Waals surface area contributed by atoms with Crippen molar-refractivity contribution in [2.75, 3.05) is 0 Å². The van der Waals surface area contributed by atoms with Gasteiger partial charge in [0.2, 0.25) is 0 Å². The van der Waals surface area contributed by atoms with Crippen molar-refractivity contribution in [3.8, 4) is 0 Å². The number of hydrogen-bond donors (Lipinski definition) is 2. The molecule has 15 heteroatoms. The van der Waals surface area contributed by atoms with E-state index in [4.69, 9.17) is 9.11 Å². The van der Waals surface area contributed by atoms with Crippen molar-refractivity contribution >= 4 is 119 Å². The van der Waals surface area contributed by atoms with E-state index in [2.05, 4.69) is 8.37 Å². The second kappa shape index (κ2) is 12.2. The predicted molar refractivity (Wildman–Crippen MR) is 62.6 cm³/mol. The molecule has 2 N–H and O–H groups in total. The van der Waals surface area contributed by atoms with Gasteiger partial charge in [0.1, 0.15) is 0 Å². The minimum atomic E-state index is -5.15. The Balaban J connectivity index is -0.00000000917. The zero-order valence-corrected chi connectivity index (χ0v) is 15.2. The minimum Gasteiger partial charge on any atom is -1.00 e. The van der Waals surface area contributed by atoms with Gasteiger partial charge in [-0.25, -0.2) is 4.79 Å². The maximum Gasteiger partial charge on any atom is 2.00 e. The molecule has 0 bridgehead atoms. The van der Waals surface area contributed by atoms with Gasteiger partial charge in [0, 0.05) is 0 Å². The zero-order chi connectivity index (χ0) is 9.99. The molecular weight excluding hydrogens is 317 g/mol. The molecule has 0 aromatic heterocycles. The average Bonchev–Trinajstić information content (AvgIpc) is 1.49. The van der Waals surface area contributed by atoms with Gasteiger partial charge in [-0.1, -0.05) is 0 Å². The second-order valence-electron chi connectivity index (χ2n) is 1.27. The Bertz CT molecular complexity index is 354. The third-order valence-electron chi connectivity index (χ3n) is 0.347. The quantitative estimate of drug-likeness (QED) is 0.439. The van der Waals surface area contributed by atoms with Crippen molar-refractivity contribution in [2.24, 2.45) is 0 Å². The summed E-state index contributed by atoms with van der Waals surface area (Å²) in [6, 6.07) is 0. The number of hydrogen-bond acceptors (Lipinski definition) is 7. The third kappa shape index (κ3) is 25.1. The molecule has 0 atom stereocenters. The Labute approximate surface area is 168 Å². The molecular formula is CH10Mg4O9S2. The van der Waals surface area contributed by atoms with E-state index in [1.807, 2.05) is 0 Å². The Hall–Kier alpha value is 2.15. The number of carbonyl (C=O) groups excluding carboxylic acids is 1. The van der Waals surface area contributed by atoms with E-state index in [1.165, 1.54) is 0 Å². The Kier molecular flexibility index (Phi) is 23.5. The molecule has 0 fully saturated rings. The van der Waals surface area contributed by atoms with E-state index in [0.717, 1.165) is 0 Å². The molecule has 0 saturated carbocycles. The van der Waals surface area contributed by atoms with E-state index in [0.29, 0.717) is 0 Å². The number of rotatable bonds is 2. The van der Waals surface area contributed by atoms with Gasteiger partial charge in [0.15, 0.2) is 0 Å². The summed E-state index contributed by atoms with van der Waals surface area (Å²) in [7, 11) is -10.3. The van der Waals surface area contributed by atoms with Crippen LogP contribution in [0.25, 0.3) is 0 Å². The van der Waals surface area contributed by atoms with Crippen molar-refractivity contribution in [3.05, 3.63) is 0 Å². The van der Waals surface area contributed by atoms with Crippen molar-refractivity contribution in [1.82, 2.24) is 0 Å². The smallest absolute Gasteiger partial charge is 1.00 e. The fraction of sp³-hybridized carbons (Fsp3) is 0. The molecule has 0 spiro atoms. The Morgan fingerprint density at radius 2 is 1.00 bits per heavy atom. The van der Waals surface area contributed by atoms with E-state index >= 15 is 0 Å². The molecule has 0 aromatic carbocycles. The Morgan fingerprint density at radius 1 is 0.812 bits per heavy atom. The molecule has 0 saturated heterocycles. The van der Waals surface area contributed by atoms with Gasteiger partial charge in [0.25, 0.3) is 0 Å². The van der Waals surface area contributed by atoms with Crippen LogP contribution in [0, 0.1) is 0 Å². The molecule has 0 aromatic rings. The normalized spacial score (nSPS) is 9.12. The van der Waals surface area contributed by atoms with Gasteiger partial charge in [-0.2, -0.15) is 16.8 Å². The summed E-state index contributed by atoms with van der Waals surface area (Å²) in [4.78, 5) is 9.95. The first-order valence-corrected chi connectivity index (χ1v) is 4.71. The summed E-state index contributed by atoms with van der Waals surface area (Å²) in [5, 5.41) is 0. The summed E-state index contributed by atoms with van der Waals surface area (Å²) in [6.07, 6.45) is -2.29. The summed E-state index contributed by atoms with van der Waals surface area (Å²) >= 11 is 0. The fourth-order valence-electron chi connectivity index (χ4n) is 0.186. The molecule has 0 radical (unpaired) electrons. The van der Waals surface area contributed by atoms with Crippen molar-refractivity contribution in [1.29, 1.82) is 0 Å². The summed E-state index contributed by atoms with van der Waals surface area (Å²) in [5.41, 5.74) is 0. The van der Waals surface area contributed by atoms with E-state index in [9.17, 15) is 21.6 Å². The van der Waals surface area contributed by atoms with Crippen molar-refractivity contribution in [2.45, 2.75) is 0 Å². The first kappa shape index (κ1) is 30.9. The number of carbonyl (C=O) groups is 1. The SMILES string of the molecule is O=C(OS(=O)(=O)O)OS(=O)(=O)O.[H-].[H-].[H-].[H-].[H-].[H-].[H-].[H-].[Mg+2].[Mg+2].[Mg+2].[Mg+2]. The van der Waals surface area contributed by atoms with Crippen LogP contribution in [-0.2, 0) is 29.2 Å². The van der Waals surface area contributed by atoms with E-state index in [1.54, 1.807) is 0 Å².